The minimum atomic E-state index is 0.758. The summed E-state index contributed by atoms with van der Waals surface area (Å²) in [6, 6.07) is 8.37. The Labute approximate surface area is 119 Å². The van der Waals surface area contributed by atoms with Gasteiger partial charge in [0, 0.05) is 30.2 Å². The molecule has 3 nitrogen and oxygen atoms in total. The molecule has 19 heavy (non-hydrogen) atoms. The van der Waals surface area contributed by atoms with Gasteiger partial charge in [-0.1, -0.05) is 31.5 Å². The van der Waals surface area contributed by atoms with Crippen molar-refractivity contribution in [3.63, 3.8) is 0 Å². The lowest BCUT2D eigenvalue weighted by molar-refractivity contribution is 0.737. The smallest absolute Gasteiger partial charge is 0.166 e. The lowest BCUT2D eigenvalue weighted by Gasteiger charge is -2.09. The normalized spacial score (nSPS) is 10.6. The molecule has 0 aliphatic carbocycles. The van der Waals surface area contributed by atoms with Gasteiger partial charge in [-0.25, -0.2) is 0 Å². The van der Waals surface area contributed by atoms with E-state index in [1.54, 1.807) is 0 Å². The van der Waals surface area contributed by atoms with Gasteiger partial charge in [-0.05, 0) is 36.7 Å². The topological polar surface area (TPSA) is 39.8 Å². The molecule has 1 heterocycles. The number of hydrogen-bond acceptors (Lipinski definition) is 1. The Morgan fingerprint density at radius 1 is 1.21 bits per heavy atom. The minimum absolute atomic E-state index is 0.758. The third-order valence-electron chi connectivity index (χ3n) is 3.17. The number of aromatic nitrogens is 1. The summed E-state index contributed by atoms with van der Waals surface area (Å²) in [5.74, 6) is 0. The van der Waals surface area contributed by atoms with Crippen LogP contribution in [0, 0.1) is 0 Å². The number of aromatic amines is 1. The van der Waals surface area contributed by atoms with Crippen LogP contribution < -0.4 is 10.6 Å². The first-order valence-electron chi connectivity index (χ1n) is 6.88. The summed E-state index contributed by atoms with van der Waals surface area (Å²) in [4.78, 5) is 3.29. The number of fused-ring (bicyclic) bond motifs is 1. The standard InChI is InChI=1S/C15H21N3S/c1-2-3-9-16-15(19)17-10-8-12-11-18-14-7-5-4-6-13(12)14/h4-7,11,18H,2-3,8-10H2,1H3,(H2,16,17,19). The Morgan fingerprint density at radius 2 is 2.00 bits per heavy atom. The maximum Gasteiger partial charge on any atom is 0.166 e. The van der Waals surface area contributed by atoms with E-state index in [0.717, 1.165) is 31.0 Å². The zero-order valence-electron chi connectivity index (χ0n) is 11.3. The predicted octanol–water partition coefficient (Wildman–Crippen LogP) is 2.97. The Kier molecular flexibility index (Phi) is 5.21. The number of H-pyrrole nitrogens is 1. The number of nitrogens with one attached hydrogen (secondary N) is 3. The number of hydrogen-bond donors (Lipinski definition) is 3. The maximum atomic E-state index is 5.23. The van der Waals surface area contributed by atoms with Crippen LogP contribution in [0.2, 0.25) is 0 Å². The van der Waals surface area contributed by atoms with Crippen LogP contribution >= 0.6 is 12.2 Å². The highest BCUT2D eigenvalue weighted by Crippen LogP contribution is 2.17. The van der Waals surface area contributed by atoms with Crippen LogP contribution in [0.4, 0.5) is 0 Å². The first-order chi connectivity index (χ1) is 9.31. The minimum Gasteiger partial charge on any atom is -0.363 e. The molecule has 4 heteroatoms. The van der Waals surface area contributed by atoms with Gasteiger partial charge in [0.25, 0.3) is 0 Å². The predicted molar refractivity (Wildman–Crippen MR) is 85.5 cm³/mol. The molecule has 102 valence electrons. The molecule has 0 bridgehead atoms. The molecule has 1 aromatic carbocycles. The fourth-order valence-corrected chi connectivity index (χ4v) is 2.29. The molecule has 0 fully saturated rings. The summed E-state index contributed by atoms with van der Waals surface area (Å²) in [6.45, 7) is 3.99. The highest BCUT2D eigenvalue weighted by Gasteiger charge is 2.02. The zero-order valence-corrected chi connectivity index (χ0v) is 12.1. The van der Waals surface area contributed by atoms with Crippen molar-refractivity contribution < 1.29 is 0 Å². The van der Waals surface area contributed by atoms with Gasteiger partial charge >= 0.3 is 0 Å². The SMILES string of the molecule is CCCCNC(=S)NCCc1c[nH]c2ccccc12. The van der Waals surface area contributed by atoms with Gasteiger partial charge in [0.2, 0.25) is 0 Å². The molecular weight excluding hydrogens is 254 g/mol. The summed E-state index contributed by atoms with van der Waals surface area (Å²) in [6.07, 6.45) is 5.40. The molecule has 0 aliphatic heterocycles. The molecule has 0 spiro atoms. The van der Waals surface area contributed by atoms with Crippen molar-refractivity contribution in [2.45, 2.75) is 26.2 Å². The molecule has 0 saturated carbocycles. The largest absolute Gasteiger partial charge is 0.363 e. The number of thiocarbonyl (C=S) groups is 1. The van der Waals surface area contributed by atoms with Crippen molar-refractivity contribution in [3.05, 3.63) is 36.0 Å². The molecule has 0 radical (unpaired) electrons. The van der Waals surface area contributed by atoms with E-state index >= 15 is 0 Å². The average Bonchev–Trinajstić information content (AvgIpc) is 2.83. The highest BCUT2D eigenvalue weighted by atomic mass is 32.1. The second-order valence-electron chi connectivity index (χ2n) is 4.65. The molecule has 3 N–H and O–H groups in total. The Bertz CT molecular complexity index is 533. The van der Waals surface area contributed by atoms with Crippen LogP contribution in [-0.2, 0) is 6.42 Å². The van der Waals surface area contributed by atoms with Gasteiger partial charge in [0.1, 0.15) is 0 Å². The first kappa shape index (κ1) is 13.9. The highest BCUT2D eigenvalue weighted by molar-refractivity contribution is 7.80. The van der Waals surface area contributed by atoms with Crippen molar-refractivity contribution in [2.75, 3.05) is 13.1 Å². The molecule has 2 aromatic rings. The van der Waals surface area contributed by atoms with Crippen LogP contribution in [0.15, 0.2) is 30.5 Å². The van der Waals surface area contributed by atoms with Gasteiger partial charge in [-0.2, -0.15) is 0 Å². The summed E-state index contributed by atoms with van der Waals surface area (Å²) < 4.78 is 0. The van der Waals surface area contributed by atoms with E-state index in [1.165, 1.54) is 22.9 Å². The summed E-state index contributed by atoms with van der Waals surface area (Å²) >= 11 is 5.23. The van der Waals surface area contributed by atoms with Gasteiger partial charge in [0.05, 0.1) is 0 Å². The Morgan fingerprint density at radius 3 is 2.84 bits per heavy atom. The van der Waals surface area contributed by atoms with E-state index in [4.69, 9.17) is 12.2 Å². The molecular formula is C15H21N3S. The van der Waals surface area contributed by atoms with Crippen LogP contribution in [0.25, 0.3) is 10.9 Å². The van der Waals surface area contributed by atoms with Crippen molar-refractivity contribution in [1.29, 1.82) is 0 Å². The fourth-order valence-electron chi connectivity index (χ4n) is 2.09. The van der Waals surface area contributed by atoms with E-state index < -0.39 is 0 Å². The van der Waals surface area contributed by atoms with E-state index in [2.05, 4.69) is 46.9 Å². The number of benzene rings is 1. The molecule has 0 amide bonds. The van der Waals surface area contributed by atoms with E-state index in [-0.39, 0.29) is 0 Å². The van der Waals surface area contributed by atoms with Gasteiger partial charge in [-0.3, -0.25) is 0 Å². The second-order valence-corrected chi connectivity index (χ2v) is 5.05. The molecule has 0 atom stereocenters. The molecule has 1 aromatic heterocycles. The first-order valence-corrected chi connectivity index (χ1v) is 7.28. The maximum absolute atomic E-state index is 5.23. The zero-order chi connectivity index (χ0) is 13.5. The van der Waals surface area contributed by atoms with Crippen LogP contribution in [0.3, 0.4) is 0 Å². The van der Waals surface area contributed by atoms with E-state index in [1.807, 2.05) is 6.07 Å². The van der Waals surface area contributed by atoms with Crippen molar-refractivity contribution in [3.8, 4) is 0 Å². The van der Waals surface area contributed by atoms with Crippen molar-refractivity contribution in [2.24, 2.45) is 0 Å². The summed E-state index contributed by atoms with van der Waals surface area (Å²) in [5.41, 5.74) is 2.53. The number of rotatable bonds is 6. The average molecular weight is 275 g/mol. The van der Waals surface area contributed by atoms with Gasteiger partial charge in [-0.15, -0.1) is 0 Å². The van der Waals surface area contributed by atoms with Gasteiger partial charge < -0.3 is 15.6 Å². The van der Waals surface area contributed by atoms with Crippen molar-refractivity contribution in [1.82, 2.24) is 15.6 Å². The Hall–Kier alpha value is -1.55. The number of unbranched alkanes of at least 4 members (excludes halogenated alkanes) is 1. The van der Waals surface area contributed by atoms with E-state index in [0.29, 0.717) is 0 Å². The lowest BCUT2D eigenvalue weighted by Crippen LogP contribution is -2.36. The number of para-hydroxylation sites is 1. The fraction of sp³-hybridized carbons (Fsp3) is 0.400. The summed E-state index contributed by atoms with van der Waals surface area (Å²) in [5, 5.41) is 8.52. The molecule has 0 saturated heterocycles. The quantitative estimate of drug-likeness (QED) is 0.561. The molecule has 2 rings (SSSR count). The molecule has 0 unspecified atom stereocenters. The van der Waals surface area contributed by atoms with Crippen LogP contribution in [0.1, 0.15) is 25.3 Å². The second kappa shape index (κ2) is 7.14. The third-order valence-corrected chi connectivity index (χ3v) is 3.46. The Balaban J connectivity index is 1.78. The van der Waals surface area contributed by atoms with Gasteiger partial charge in [0.15, 0.2) is 5.11 Å². The monoisotopic (exact) mass is 275 g/mol. The van der Waals surface area contributed by atoms with Crippen molar-refractivity contribution >= 4 is 28.2 Å². The third kappa shape index (κ3) is 3.96. The molecule has 0 aliphatic rings. The van der Waals surface area contributed by atoms with E-state index in [9.17, 15) is 0 Å². The van der Waals surface area contributed by atoms with Crippen LogP contribution in [-0.4, -0.2) is 23.2 Å². The lowest BCUT2D eigenvalue weighted by atomic mass is 10.1. The van der Waals surface area contributed by atoms with Crippen LogP contribution in [0.5, 0.6) is 0 Å². The summed E-state index contributed by atoms with van der Waals surface area (Å²) in [7, 11) is 0.